The van der Waals surface area contributed by atoms with Crippen LogP contribution < -0.4 is 14.8 Å². The maximum atomic E-state index is 12.6. The Hall–Kier alpha value is -3.02. The zero-order chi connectivity index (χ0) is 20.6. The number of ether oxygens (including phenoxy) is 2. The molecule has 1 aliphatic heterocycles. The van der Waals surface area contributed by atoms with Crippen molar-refractivity contribution in [2.45, 2.75) is 33.2 Å². The third kappa shape index (κ3) is 5.28. The number of fused-ring (bicyclic) bond motifs is 1. The fraction of sp³-hybridized carbons (Fsp3) is 0.391. The molecule has 0 saturated heterocycles. The molecule has 2 amide bonds. The van der Waals surface area contributed by atoms with Gasteiger partial charge in [0.2, 0.25) is 5.91 Å². The van der Waals surface area contributed by atoms with Crippen molar-refractivity contribution in [2.24, 2.45) is 0 Å². The Morgan fingerprint density at radius 1 is 1.00 bits per heavy atom. The molecule has 2 aromatic rings. The second kappa shape index (κ2) is 9.96. The Morgan fingerprint density at radius 3 is 2.31 bits per heavy atom. The Labute approximate surface area is 171 Å². The average Bonchev–Trinajstić information content (AvgIpc) is 2.74. The number of nitrogens with zero attached hydrogens (tertiary/aromatic N) is 1. The highest BCUT2D eigenvalue weighted by Gasteiger charge is 2.23. The van der Waals surface area contributed by atoms with Crippen LogP contribution in [-0.2, 0) is 17.8 Å². The quantitative estimate of drug-likeness (QED) is 0.744. The van der Waals surface area contributed by atoms with Gasteiger partial charge in [0, 0.05) is 31.6 Å². The Bertz CT molecular complexity index is 851. The number of nitrogens with one attached hydrogen (secondary N) is 1. The lowest BCUT2D eigenvalue weighted by atomic mass is 9.98. The summed E-state index contributed by atoms with van der Waals surface area (Å²) in [5.74, 6) is 1.36. The molecule has 0 aromatic heterocycles. The van der Waals surface area contributed by atoms with Gasteiger partial charge in [0.15, 0.2) is 11.5 Å². The second-order valence-corrected chi connectivity index (χ2v) is 6.87. The lowest BCUT2D eigenvalue weighted by Gasteiger charge is -2.30. The van der Waals surface area contributed by atoms with Gasteiger partial charge in [0.1, 0.15) is 0 Å². The summed E-state index contributed by atoms with van der Waals surface area (Å²) in [4.78, 5) is 26.6. The summed E-state index contributed by atoms with van der Waals surface area (Å²) in [6.45, 7) is 6.57. The predicted octanol–water partition coefficient (Wildman–Crippen LogP) is 3.19. The molecule has 1 N–H and O–H groups in total. The summed E-state index contributed by atoms with van der Waals surface area (Å²) in [7, 11) is 0. The summed E-state index contributed by atoms with van der Waals surface area (Å²) >= 11 is 0. The third-order valence-electron chi connectivity index (χ3n) is 4.89. The van der Waals surface area contributed by atoms with E-state index in [4.69, 9.17) is 9.47 Å². The van der Waals surface area contributed by atoms with Crippen molar-refractivity contribution in [2.75, 3.05) is 26.3 Å². The van der Waals surface area contributed by atoms with Crippen molar-refractivity contribution in [3.63, 3.8) is 0 Å². The lowest BCUT2D eigenvalue weighted by molar-refractivity contribution is -0.131. The van der Waals surface area contributed by atoms with E-state index in [0.29, 0.717) is 38.4 Å². The molecule has 0 aliphatic carbocycles. The van der Waals surface area contributed by atoms with Crippen LogP contribution in [0.3, 0.4) is 0 Å². The zero-order valence-electron chi connectivity index (χ0n) is 17.1. The number of benzene rings is 2. The number of rotatable bonds is 8. The molecule has 3 rings (SSSR count). The molecule has 0 atom stereocenters. The van der Waals surface area contributed by atoms with Gasteiger partial charge in [0.25, 0.3) is 5.91 Å². The highest BCUT2D eigenvalue weighted by atomic mass is 16.5. The normalized spacial score (nSPS) is 12.8. The topological polar surface area (TPSA) is 67.9 Å². The van der Waals surface area contributed by atoms with E-state index >= 15 is 0 Å². The molecule has 6 nitrogen and oxygen atoms in total. The van der Waals surface area contributed by atoms with Crippen molar-refractivity contribution >= 4 is 11.8 Å². The molecule has 0 bridgehead atoms. The molecule has 29 heavy (non-hydrogen) atoms. The maximum Gasteiger partial charge on any atom is 0.251 e. The molecule has 0 fully saturated rings. The first-order chi connectivity index (χ1) is 14.1. The molecule has 1 aliphatic rings. The van der Waals surface area contributed by atoms with Crippen molar-refractivity contribution in [3.05, 3.63) is 59.2 Å². The van der Waals surface area contributed by atoms with Gasteiger partial charge < -0.3 is 19.7 Å². The highest BCUT2D eigenvalue weighted by Crippen LogP contribution is 2.34. The van der Waals surface area contributed by atoms with Gasteiger partial charge in [-0.15, -0.1) is 0 Å². The van der Waals surface area contributed by atoms with Gasteiger partial charge in [-0.3, -0.25) is 9.59 Å². The van der Waals surface area contributed by atoms with E-state index in [1.807, 2.05) is 49.1 Å². The standard InChI is InChI=1S/C23H28N2O4/c1-3-28-20-14-18-11-13-25(16-19(18)15-21(20)29-4-2)22(26)10-12-24-23(27)17-8-6-5-7-9-17/h5-9,14-15H,3-4,10-13,16H2,1-2H3,(H,24,27). The third-order valence-corrected chi connectivity index (χ3v) is 4.89. The van der Waals surface area contributed by atoms with Crippen LogP contribution in [0, 0.1) is 0 Å². The average molecular weight is 396 g/mol. The molecule has 0 radical (unpaired) electrons. The number of hydrogen-bond acceptors (Lipinski definition) is 4. The zero-order valence-corrected chi connectivity index (χ0v) is 17.1. The Kier molecular flexibility index (Phi) is 7.11. The molecule has 6 heteroatoms. The lowest BCUT2D eigenvalue weighted by Crippen LogP contribution is -2.38. The minimum absolute atomic E-state index is 0.0378. The van der Waals surface area contributed by atoms with E-state index in [1.165, 1.54) is 5.56 Å². The molecule has 2 aromatic carbocycles. The SMILES string of the molecule is CCOc1cc2c(cc1OCC)CN(C(=O)CCNC(=O)c1ccccc1)CC2. The smallest absolute Gasteiger partial charge is 0.251 e. The molecular formula is C23H28N2O4. The number of carbonyl (C=O) groups excluding carboxylic acids is 2. The molecular weight excluding hydrogens is 368 g/mol. The van der Waals surface area contributed by atoms with Crippen LogP contribution >= 0.6 is 0 Å². The van der Waals surface area contributed by atoms with Crippen molar-refractivity contribution < 1.29 is 19.1 Å². The van der Waals surface area contributed by atoms with Crippen LogP contribution in [-0.4, -0.2) is 43.0 Å². The van der Waals surface area contributed by atoms with Gasteiger partial charge in [0.05, 0.1) is 13.2 Å². The first-order valence-corrected chi connectivity index (χ1v) is 10.1. The van der Waals surface area contributed by atoms with Gasteiger partial charge in [-0.2, -0.15) is 0 Å². The van der Waals surface area contributed by atoms with Crippen molar-refractivity contribution in [1.82, 2.24) is 10.2 Å². The van der Waals surface area contributed by atoms with Gasteiger partial charge in [-0.05, 0) is 55.7 Å². The fourth-order valence-corrected chi connectivity index (χ4v) is 3.45. The Balaban J connectivity index is 1.57. The van der Waals surface area contributed by atoms with Crippen LogP contribution in [0.4, 0.5) is 0 Å². The molecule has 1 heterocycles. The number of hydrogen-bond donors (Lipinski definition) is 1. The van der Waals surface area contributed by atoms with Crippen LogP contribution in [0.1, 0.15) is 41.8 Å². The number of carbonyl (C=O) groups is 2. The van der Waals surface area contributed by atoms with Gasteiger partial charge >= 0.3 is 0 Å². The monoisotopic (exact) mass is 396 g/mol. The summed E-state index contributed by atoms with van der Waals surface area (Å²) in [6.07, 6.45) is 1.06. The van der Waals surface area contributed by atoms with Crippen molar-refractivity contribution in [1.29, 1.82) is 0 Å². The van der Waals surface area contributed by atoms with E-state index in [1.54, 1.807) is 12.1 Å². The van der Waals surface area contributed by atoms with Crippen molar-refractivity contribution in [3.8, 4) is 11.5 Å². The van der Waals surface area contributed by atoms with Crippen LogP contribution in [0.15, 0.2) is 42.5 Å². The van der Waals surface area contributed by atoms with E-state index in [0.717, 1.165) is 23.5 Å². The van der Waals surface area contributed by atoms with E-state index < -0.39 is 0 Å². The molecule has 0 spiro atoms. The Morgan fingerprint density at radius 2 is 1.66 bits per heavy atom. The summed E-state index contributed by atoms with van der Waals surface area (Å²) in [5, 5.41) is 2.81. The second-order valence-electron chi connectivity index (χ2n) is 6.87. The van der Waals surface area contributed by atoms with E-state index in [9.17, 15) is 9.59 Å². The van der Waals surface area contributed by atoms with Crippen LogP contribution in [0.2, 0.25) is 0 Å². The van der Waals surface area contributed by atoms with Crippen LogP contribution in [0.25, 0.3) is 0 Å². The van der Waals surface area contributed by atoms with Gasteiger partial charge in [-0.1, -0.05) is 18.2 Å². The maximum absolute atomic E-state index is 12.6. The first-order valence-electron chi connectivity index (χ1n) is 10.1. The molecule has 154 valence electrons. The largest absolute Gasteiger partial charge is 0.490 e. The van der Waals surface area contributed by atoms with Gasteiger partial charge in [-0.25, -0.2) is 0 Å². The van der Waals surface area contributed by atoms with Crippen LogP contribution in [0.5, 0.6) is 11.5 Å². The molecule has 0 saturated carbocycles. The van der Waals surface area contributed by atoms with E-state index in [2.05, 4.69) is 5.32 Å². The molecule has 0 unspecified atom stereocenters. The minimum Gasteiger partial charge on any atom is -0.490 e. The predicted molar refractivity (Wildman–Crippen MR) is 111 cm³/mol. The number of amides is 2. The van der Waals surface area contributed by atoms with E-state index in [-0.39, 0.29) is 18.2 Å². The minimum atomic E-state index is -0.160. The fourth-order valence-electron chi connectivity index (χ4n) is 3.45. The first kappa shape index (κ1) is 20.7. The summed E-state index contributed by atoms with van der Waals surface area (Å²) < 4.78 is 11.4. The summed E-state index contributed by atoms with van der Waals surface area (Å²) in [5.41, 5.74) is 2.88. The summed E-state index contributed by atoms with van der Waals surface area (Å²) in [6, 6.07) is 13.0. The highest BCUT2D eigenvalue weighted by molar-refractivity contribution is 5.94.